The molecule has 2 heterocycles. The van der Waals surface area contributed by atoms with Crippen molar-refractivity contribution >= 4 is 6.20 Å². The molecule has 2 rings (SSSR count). The fourth-order valence-electron chi connectivity index (χ4n) is 1.87. The predicted molar refractivity (Wildman–Crippen MR) is 59.1 cm³/mol. The second-order valence-electron chi connectivity index (χ2n) is 4.66. The van der Waals surface area contributed by atoms with E-state index in [1.54, 1.807) is 0 Å². The van der Waals surface area contributed by atoms with E-state index in [-0.39, 0.29) is 0 Å². The Morgan fingerprint density at radius 2 is 1.93 bits per heavy atom. The highest BCUT2D eigenvalue weighted by molar-refractivity contribution is 5.44. The zero-order valence-corrected chi connectivity index (χ0v) is 9.41. The zero-order valence-electron chi connectivity index (χ0n) is 9.41. The molecule has 0 radical (unpaired) electrons. The third-order valence-electron chi connectivity index (χ3n) is 2.89. The molecule has 2 nitrogen and oxygen atoms in total. The van der Waals surface area contributed by atoms with Gasteiger partial charge in [0.25, 0.3) is 0 Å². The Morgan fingerprint density at radius 1 is 1.21 bits per heavy atom. The number of aromatic nitrogens is 2. The maximum atomic E-state index is 4.46. The van der Waals surface area contributed by atoms with Crippen LogP contribution in [0.1, 0.15) is 45.1 Å². The molecular formula is C12H18N2. The van der Waals surface area contributed by atoms with Crippen molar-refractivity contribution < 1.29 is 0 Å². The minimum atomic E-state index is 0.555. The molecule has 1 aliphatic rings. The molecule has 0 spiro atoms. The van der Waals surface area contributed by atoms with Crippen molar-refractivity contribution in [2.24, 2.45) is 5.92 Å². The summed E-state index contributed by atoms with van der Waals surface area (Å²) in [4.78, 5) is 4.46. The highest BCUT2D eigenvalue weighted by atomic mass is 15.1. The van der Waals surface area contributed by atoms with Crippen LogP contribution in [0.5, 0.6) is 0 Å². The highest BCUT2D eigenvalue weighted by Crippen LogP contribution is 2.27. The maximum Gasteiger partial charge on any atom is 0.117 e. The Hall–Kier alpha value is -1.05. The normalized spacial score (nSPS) is 15.1. The summed E-state index contributed by atoms with van der Waals surface area (Å²) in [7, 11) is 0. The molecule has 0 N–H and O–H groups in total. The summed E-state index contributed by atoms with van der Waals surface area (Å²) >= 11 is 0. The fourth-order valence-corrected chi connectivity index (χ4v) is 1.87. The Balaban J connectivity index is 2.37. The summed E-state index contributed by atoms with van der Waals surface area (Å²) in [6.45, 7) is 8.91. The Bertz CT molecular complexity index is 370. The van der Waals surface area contributed by atoms with Crippen LogP contribution in [0, 0.1) is 5.92 Å². The van der Waals surface area contributed by atoms with E-state index in [1.165, 1.54) is 17.1 Å². The quantitative estimate of drug-likeness (QED) is 0.700. The average molecular weight is 190 g/mol. The van der Waals surface area contributed by atoms with Crippen molar-refractivity contribution in [3.8, 4) is 0 Å². The van der Waals surface area contributed by atoms with Crippen LogP contribution in [-0.2, 0) is 6.42 Å². The second kappa shape index (κ2) is 3.26. The van der Waals surface area contributed by atoms with E-state index in [4.69, 9.17) is 0 Å². The van der Waals surface area contributed by atoms with Gasteiger partial charge in [0.05, 0.1) is 0 Å². The summed E-state index contributed by atoms with van der Waals surface area (Å²) in [6.07, 6.45) is 5.31. The van der Waals surface area contributed by atoms with Gasteiger partial charge >= 0.3 is 0 Å². The molecule has 14 heavy (non-hydrogen) atoms. The molecule has 0 fully saturated rings. The van der Waals surface area contributed by atoms with Gasteiger partial charge < -0.3 is 4.57 Å². The predicted octanol–water partition coefficient (Wildman–Crippen LogP) is 3.06. The standard InChI is InChI=1S/C12H18N2/c1-8(2)10-5-12-13-6-11(9(3)4)14(12)7-10/h6-9H,5H2,1-4H3. The lowest BCUT2D eigenvalue weighted by Crippen LogP contribution is -1.96. The van der Waals surface area contributed by atoms with Crippen LogP contribution in [0.25, 0.3) is 6.20 Å². The van der Waals surface area contributed by atoms with Gasteiger partial charge in [0.2, 0.25) is 0 Å². The second-order valence-corrected chi connectivity index (χ2v) is 4.66. The maximum absolute atomic E-state index is 4.46. The van der Waals surface area contributed by atoms with Gasteiger partial charge in [0.1, 0.15) is 5.82 Å². The molecule has 0 unspecified atom stereocenters. The van der Waals surface area contributed by atoms with E-state index in [0.717, 1.165) is 6.42 Å². The number of rotatable bonds is 2. The van der Waals surface area contributed by atoms with Crippen molar-refractivity contribution in [2.45, 2.75) is 40.0 Å². The van der Waals surface area contributed by atoms with Crippen LogP contribution in [-0.4, -0.2) is 9.55 Å². The monoisotopic (exact) mass is 190 g/mol. The van der Waals surface area contributed by atoms with Crippen LogP contribution in [0.4, 0.5) is 0 Å². The number of imidazole rings is 1. The molecule has 0 saturated carbocycles. The summed E-state index contributed by atoms with van der Waals surface area (Å²) in [5, 5.41) is 0. The summed E-state index contributed by atoms with van der Waals surface area (Å²) in [6, 6.07) is 0. The van der Waals surface area contributed by atoms with Gasteiger partial charge in [-0.15, -0.1) is 0 Å². The number of hydrogen-bond donors (Lipinski definition) is 0. The lowest BCUT2D eigenvalue weighted by molar-refractivity contribution is 0.749. The molecule has 76 valence electrons. The third-order valence-corrected chi connectivity index (χ3v) is 2.89. The highest BCUT2D eigenvalue weighted by Gasteiger charge is 2.19. The van der Waals surface area contributed by atoms with Crippen molar-refractivity contribution in [3.63, 3.8) is 0 Å². The van der Waals surface area contributed by atoms with Gasteiger partial charge in [-0.25, -0.2) is 4.98 Å². The van der Waals surface area contributed by atoms with Gasteiger partial charge in [0.15, 0.2) is 0 Å². The molecule has 0 amide bonds. The summed E-state index contributed by atoms with van der Waals surface area (Å²) in [5.41, 5.74) is 2.82. The van der Waals surface area contributed by atoms with Gasteiger partial charge in [-0.3, -0.25) is 0 Å². The lowest BCUT2D eigenvalue weighted by Gasteiger charge is -2.05. The molecule has 0 saturated heterocycles. The smallest absolute Gasteiger partial charge is 0.117 e. The van der Waals surface area contributed by atoms with Crippen LogP contribution in [0.2, 0.25) is 0 Å². The first-order valence-electron chi connectivity index (χ1n) is 5.36. The fraction of sp³-hybridized carbons (Fsp3) is 0.583. The Kier molecular flexibility index (Phi) is 2.22. The Labute approximate surface area is 85.7 Å². The van der Waals surface area contributed by atoms with E-state index in [9.17, 15) is 0 Å². The van der Waals surface area contributed by atoms with E-state index >= 15 is 0 Å². The molecule has 0 aliphatic carbocycles. The molecular weight excluding hydrogens is 172 g/mol. The van der Waals surface area contributed by atoms with E-state index in [0.29, 0.717) is 11.8 Å². The van der Waals surface area contributed by atoms with Crippen LogP contribution < -0.4 is 0 Å². The SMILES string of the molecule is CC(C)C1=Cn2c(C(C)C)cnc2C1. The van der Waals surface area contributed by atoms with Crippen LogP contribution in [0.15, 0.2) is 11.8 Å². The first-order chi connectivity index (χ1) is 6.59. The topological polar surface area (TPSA) is 17.8 Å². The van der Waals surface area contributed by atoms with Crippen molar-refractivity contribution in [2.75, 3.05) is 0 Å². The minimum absolute atomic E-state index is 0.555. The van der Waals surface area contributed by atoms with Gasteiger partial charge in [-0.1, -0.05) is 27.7 Å². The third kappa shape index (κ3) is 1.39. The van der Waals surface area contributed by atoms with E-state index < -0.39 is 0 Å². The molecule has 1 aromatic heterocycles. The largest absolute Gasteiger partial charge is 0.307 e. The van der Waals surface area contributed by atoms with Crippen LogP contribution in [0.3, 0.4) is 0 Å². The van der Waals surface area contributed by atoms with E-state index in [2.05, 4.69) is 43.4 Å². The average Bonchev–Trinajstić information content (AvgIpc) is 2.58. The molecule has 0 atom stereocenters. The van der Waals surface area contributed by atoms with Crippen LogP contribution >= 0.6 is 0 Å². The van der Waals surface area contributed by atoms with Gasteiger partial charge in [0, 0.05) is 24.5 Å². The van der Waals surface area contributed by atoms with Crippen molar-refractivity contribution in [1.82, 2.24) is 9.55 Å². The number of allylic oxidation sites excluding steroid dienone is 1. The Morgan fingerprint density at radius 3 is 2.50 bits per heavy atom. The number of hydrogen-bond acceptors (Lipinski definition) is 1. The van der Waals surface area contributed by atoms with Gasteiger partial charge in [-0.05, 0) is 17.4 Å². The first-order valence-corrected chi connectivity index (χ1v) is 5.36. The molecule has 2 heteroatoms. The lowest BCUT2D eigenvalue weighted by atomic mass is 10.0. The summed E-state index contributed by atoms with van der Waals surface area (Å²) < 4.78 is 2.26. The van der Waals surface area contributed by atoms with Gasteiger partial charge in [-0.2, -0.15) is 0 Å². The van der Waals surface area contributed by atoms with E-state index in [1.807, 2.05) is 6.20 Å². The molecule has 0 aromatic carbocycles. The summed E-state index contributed by atoms with van der Waals surface area (Å²) in [5.74, 6) is 2.40. The number of nitrogens with zero attached hydrogens (tertiary/aromatic N) is 2. The number of fused-ring (bicyclic) bond motifs is 1. The van der Waals surface area contributed by atoms with Crippen molar-refractivity contribution in [1.29, 1.82) is 0 Å². The molecule has 1 aliphatic heterocycles. The molecule has 1 aromatic rings. The molecule has 0 bridgehead atoms. The zero-order chi connectivity index (χ0) is 10.3. The first kappa shape index (κ1) is 9.50. The van der Waals surface area contributed by atoms with Crippen molar-refractivity contribution in [3.05, 3.63) is 23.3 Å². The minimum Gasteiger partial charge on any atom is -0.307 e.